The third-order valence-electron chi connectivity index (χ3n) is 2.39. The minimum Gasteiger partial charge on any atom is -0.362 e. The predicted molar refractivity (Wildman–Crippen MR) is 84.7 cm³/mol. The van der Waals surface area contributed by atoms with E-state index in [9.17, 15) is 0 Å². The molecule has 4 N–H and O–H groups in total. The van der Waals surface area contributed by atoms with Gasteiger partial charge >= 0.3 is 0 Å². The zero-order valence-electron chi connectivity index (χ0n) is 10.8. The van der Waals surface area contributed by atoms with Crippen LogP contribution in [0.15, 0.2) is 18.2 Å². The maximum absolute atomic E-state index is 5.14. The molecule has 0 atom stereocenters. The van der Waals surface area contributed by atoms with Gasteiger partial charge in [-0.1, -0.05) is 6.07 Å². The Morgan fingerprint density at radius 3 is 2.33 bits per heavy atom. The van der Waals surface area contributed by atoms with Gasteiger partial charge in [-0.3, -0.25) is 10.9 Å². The van der Waals surface area contributed by atoms with Crippen molar-refractivity contribution in [3.8, 4) is 0 Å². The SMILES string of the molecule is CCNC(=S)NNC(=S)Nc1ccc(C)c(C)c1. The predicted octanol–water partition coefficient (Wildman–Crippen LogP) is 1.99. The summed E-state index contributed by atoms with van der Waals surface area (Å²) in [5, 5.41) is 7.02. The Labute approximate surface area is 119 Å². The summed E-state index contributed by atoms with van der Waals surface area (Å²) in [6, 6.07) is 6.09. The number of hydrogen-bond donors (Lipinski definition) is 4. The first-order valence-corrected chi connectivity index (χ1v) is 6.52. The van der Waals surface area contributed by atoms with E-state index in [0.29, 0.717) is 10.2 Å². The van der Waals surface area contributed by atoms with Crippen molar-refractivity contribution in [3.05, 3.63) is 29.3 Å². The molecule has 0 aliphatic rings. The summed E-state index contributed by atoms with van der Waals surface area (Å²) < 4.78 is 0. The van der Waals surface area contributed by atoms with Gasteiger partial charge in [0.25, 0.3) is 0 Å². The zero-order chi connectivity index (χ0) is 13.5. The quantitative estimate of drug-likeness (QED) is 0.492. The van der Waals surface area contributed by atoms with Gasteiger partial charge in [0.1, 0.15) is 0 Å². The van der Waals surface area contributed by atoms with E-state index in [4.69, 9.17) is 24.4 Å². The largest absolute Gasteiger partial charge is 0.362 e. The van der Waals surface area contributed by atoms with Crippen molar-refractivity contribution in [2.75, 3.05) is 11.9 Å². The molecule has 1 aromatic carbocycles. The number of anilines is 1. The maximum atomic E-state index is 5.14. The normalized spacial score (nSPS) is 9.50. The van der Waals surface area contributed by atoms with Crippen molar-refractivity contribution >= 4 is 40.3 Å². The molecular formula is C12H18N4S2. The molecule has 1 aromatic rings. The zero-order valence-corrected chi connectivity index (χ0v) is 12.4. The highest BCUT2D eigenvalue weighted by Crippen LogP contribution is 2.13. The molecule has 0 aromatic heterocycles. The van der Waals surface area contributed by atoms with Crippen LogP contribution in [-0.2, 0) is 0 Å². The lowest BCUT2D eigenvalue weighted by atomic mass is 10.1. The van der Waals surface area contributed by atoms with Crippen LogP contribution in [0.1, 0.15) is 18.1 Å². The Hall–Kier alpha value is -1.40. The average molecular weight is 282 g/mol. The van der Waals surface area contributed by atoms with E-state index in [1.807, 2.05) is 19.1 Å². The van der Waals surface area contributed by atoms with Crippen molar-refractivity contribution in [3.63, 3.8) is 0 Å². The van der Waals surface area contributed by atoms with Crippen LogP contribution >= 0.6 is 24.4 Å². The highest BCUT2D eigenvalue weighted by atomic mass is 32.1. The van der Waals surface area contributed by atoms with Gasteiger partial charge in [-0.15, -0.1) is 0 Å². The maximum Gasteiger partial charge on any atom is 0.189 e. The van der Waals surface area contributed by atoms with Crippen LogP contribution in [0.25, 0.3) is 0 Å². The summed E-state index contributed by atoms with van der Waals surface area (Å²) >= 11 is 10.1. The van der Waals surface area contributed by atoms with Crippen LogP contribution in [0, 0.1) is 13.8 Å². The van der Waals surface area contributed by atoms with Crippen molar-refractivity contribution in [1.82, 2.24) is 16.2 Å². The molecule has 0 unspecified atom stereocenters. The van der Waals surface area contributed by atoms with Gasteiger partial charge in [-0.25, -0.2) is 0 Å². The first kappa shape index (κ1) is 14.7. The monoisotopic (exact) mass is 282 g/mol. The van der Waals surface area contributed by atoms with E-state index >= 15 is 0 Å². The molecule has 0 heterocycles. The molecule has 0 aliphatic carbocycles. The third-order valence-corrected chi connectivity index (χ3v) is 2.84. The highest BCUT2D eigenvalue weighted by molar-refractivity contribution is 7.80. The second kappa shape index (κ2) is 7.13. The fourth-order valence-electron chi connectivity index (χ4n) is 1.30. The van der Waals surface area contributed by atoms with Crippen LogP contribution in [0.3, 0.4) is 0 Å². The van der Waals surface area contributed by atoms with Gasteiger partial charge in [-0.2, -0.15) is 0 Å². The standard InChI is InChI=1S/C12H18N4S2/c1-4-13-11(17)15-16-12(18)14-10-6-5-8(2)9(3)7-10/h5-7H,4H2,1-3H3,(H2,13,15,17)(H2,14,16,18). The molecule has 0 bridgehead atoms. The number of thiocarbonyl (C=S) groups is 2. The van der Waals surface area contributed by atoms with Gasteiger partial charge in [0.2, 0.25) is 0 Å². The van der Waals surface area contributed by atoms with E-state index in [1.54, 1.807) is 0 Å². The van der Waals surface area contributed by atoms with Crippen molar-refractivity contribution in [2.24, 2.45) is 0 Å². The number of benzene rings is 1. The molecule has 98 valence electrons. The molecule has 18 heavy (non-hydrogen) atoms. The van der Waals surface area contributed by atoms with Crippen LogP contribution in [0.2, 0.25) is 0 Å². The molecule has 6 heteroatoms. The lowest BCUT2D eigenvalue weighted by molar-refractivity contribution is 0.825. The Kier molecular flexibility index (Phi) is 5.80. The van der Waals surface area contributed by atoms with Crippen molar-refractivity contribution in [2.45, 2.75) is 20.8 Å². The Balaban J connectivity index is 2.44. The summed E-state index contributed by atoms with van der Waals surface area (Å²) in [4.78, 5) is 0. The van der Waals surface area contributed by atoms with Crippen molar-refractivity contribution in [1.29, 1.82) is 0 Å². The number of aryl methyl sites for hydroxylation is 2. The summed E-state index contributed by atoms with van der Waals surface area (Å²) in [5.41, 5.74) is 9.04. The molecular weight excluding hydrogens is 264 g/mol. The van der Waals surface area contributed by atoms with Gasteiger partial charge in [0.05, 0.1) is 0 Å². The summed E-state index contributed by atoms with van der Waals surface area (Å²) in [7, 11) is 0. The lowest BCUT2D eigenvalue weighted by Gasteiger charge is -2.14. The molecule has 0 saturated carbocycles. The van der Waals surface area contributed by atoms with Gasteiger partial charge in [0.15, 0.2) is 10.2 Å². The van der Waals surface area contributed by atoms with E-state index < -0.39 is 0 Å². The van der Waals surface area contributed by atoms with E-state index in [-0.39, 0.29) is 0 Å². The molecule has 1 rings (SSSR count). The minimum absolute atomic E-state index is 0.471. The third kappa shape index (κ3) is 4.85. The fourth-order valence-corrected chi connectivity index (χ4v) is 1.66. The molecule has 0 fully saturated rings. The van der Waals surface area contributed by atoms with Crippen LogP contribution in [0.5, 0.6) is 0 Å². The molecule has 0 amide bonds. The van der Waals surface area contributed by atoms with E-state index in [0.717, 1.165) is 12.2 Å². The Morgan fingerprint density at radius 1 is 1.06 bits per heavy atom. The van der Waals surface area contributed by atoms with Gasteiger partial charge in [-0.05, 0) is 68.5 Å². The first-order valence-electron chi connectivity index (χ1n) is 5.71. The van der Waals surface area contributed by atoms with Crippen molar-refractivity contribution < 1.29 is 0 Å². The van der Waals surface area contributed by atoms with Gasteiger partial charge < -0.3 is 10.6 Å². The first-order chi connectivity index (χ1) is 8.52. The van der Waals surface area contributed by atoms with Crippen LogP contribution in [0.4, 0.5) is 5.69 Å². The van der Waals surface area contributed by atoms with Crippen LogP contribution in [-0.4, -0.2) is 16.8 Å². The molecule has 0 spiro atoms. The highest BCUT2D eigenvalue weighted by Gasteiger charge is 1.99. The Morgan fingerprint density at radius 2 is 1.72 bits per heavy atom. The number of hydrogen-bond acceptors (Lipinski definition) is 2. The summed E-state index contributed by atoms with van der Waals surface area (Å²) in [6.45, 7) is 6.88. The smallest absolute Gasteiger partial charge is 0.189 e. The Bertz CT molecular complexity index is 446. The second-order valence-corrected chi connectivity index (χ2v) is 4.68. The van der Waals surface area contributed by atoms with E-state index in [2.05, 4.69) is 41.4 Å². The summed E-state index contributed by atoms with van der Waals surface area (Å²) in [6.07, 6.45) is 0. The minimum atomic E-state index is 0.471. The lowest BCUT2D eigenvalue weighted by Crippen LogP contribution is -2.48. The van der Waals surface area contributed by atoms with Crippen LogP contribution < -0.4 is 21.5 Å². The summed E-state index contributed by atoms with van der Waals surface area (Å²) in [5.74, 6) is 0. The molecule has 0 saturated heterocycles. The average Bonchev–Trinajstić information content (AvgIpc) is 2.32. The fraction of sp³-hybridized carbons (Fsp3) is 0.333. The topological polar surface area (TPSA) is 48.1 Å². The van der Waals surface area contributed by atoms with Gasteiger partial charge in [0, 0.05) is 12.2 Å². The molecule has 0 aliphatic heterocycles. The number of rotatable bonds is 2. The molecule has 4 nitrogen and oxygen atoms in total. The van der Waals surface area contributed by atoms with E-state index in [1.165, 1.54) is 11.1 Å². The number of nitrogens with one attached hydrogen (secondary N) is 4. The number of hydrazine groups is 1. The second-order valence-electron chi connectivity index (χ2n) is 3.86. The molecule has 0 radical (unpaired) electrons.